The zero-order chi connectivity index (χ0) is 13.1. The number of hydrogen-bond donors (Lipinski definition) is 0. The summed E-state index contributed by atoms with van der Waals surface area (Å²) in [5.41, 5.74) is 0. The van der Waals surface area contributed by atoms with Gasteiger partial charge >= 0.3 is 0 Å². The standard InChI is InChI=1S/C14H22N2O2/c1-10-4-6-12(7-5-10)16(3)14(17)8-13-9-15-11(2)18-13/h9-10,12H,4-8H2,1-3H3. The first-order valence-electron chi connectivity index (χ1n) is 6.73. The number of carbonyl (C=O) groups excluding carboxylic acids is 1. The van der Waals surface area contributed by atoms with Crippen molar-refractivity contribution in [3.63, 3.8) is 0 Å². The van der Waals surface area contributed by atoms with Gasteiger partial charge in [0.2, 0.25) is 5.91 Å². The molecule has 0 N–H and O–H groups in total. The SMILES string of the molecule is Cc1ncc(CC(=O)N(C)C2CCC(C)CC2)o1. The summed E-state index contributed by atoms with van der Waals surface area (Å²) in [6.45, 7) is 4.08. The fourth-order valence-corrected chi connectivity index (χ4v) is 2.59. The number of rotatable bonds is 3. The van der Waals surface area contributed by atoms with Crippen LogP contribution >= 0.6 is 0 Å². The minimum atomic E-state index is 0.130. The Bertz CT molecular complexity index is 406. The third-order valence-electron chi connectivity index (χ3n) is 3.92. The maximum Gasteiger partial charge on any atom is 0.230 e. The first-order valence-corrected chi connectivity index (χ1v) is 6.73. The summed E-state index contributed by atoms with van der Waals surface area (Å²) < 4.78 is 5.35. The molecule has 0 radical (unpaired) electrons. The second-order valence-corrected chi connectivity index (χ2v) is 5.44. The number of likely N-dealkylation sites (N-methyl/N-ethyl adjacent to an activating group) is 1. The number of nitrogens with zero attached hydrogens (tertiary/aromatic N) is 2. The van der Waals surface area contributed by atoms with E-state index < -0.39 is 0 Å². The van der Waals surface area contributed by atoms with Crippen molar-refractivity contribution < 1.29 is 9.21 Å². The van der Waals surface area contributed by atoms with Gasteiger partial charge in [0.1, 0.15) is 5.76 Å². The number of hydrogen-bond acceptors (Lipinski definition) is 3. The minimum absolute atomic E-state index is 0.130. The van der Waals surface area contributed by atoms with E-state index in [4.69, 9.17) is 4.42 Å². The summed E-state index contributed by atoms with van der Waals surface area (Å²) in [6.07, 6.45) is 6.67. The molecule has 4 nitrogen and oxygen atoms in total. The highest BCUT2D eigenvalue weighted by Gasteiger charge is 2.25. The smallest absolute Gasteiger partial charge is 0.230 e. The Balaban J connectivity index is 1.88. The van der Waals surface area contributed by atoms with Gasteiger partial charge in [-0.25, -0.2) is 4.98 Å². The van der Waals surface area contributed by atoms with E-state index in [-0.39, 0.29) is 5.91 Å². The van der Waals surface area contributed by atoms with Crippen molar-refractivity contribution in [3.05, 3.63) is 17.8 Å². The second kappa shape index (κ2) is 5.55. The van der Waals surface area contributed by atoms with Gasteiger partial charge in [-0.1, -0.05) is 6.92 Å². The van der Waals surface area contributed by atoms with Crippen LogP contribution in [-0.4, -0.2) is 28.9 Å². The summed E-state index contributed by atoms with van der Waals surface area (Å²) >= 11 is 0. The fourth-order valence-electron chi connectivity index (χ4n) is 2.59. The molecule has 1 amide bonds. The van der Waals surface area contributed by atoms with Crippen LogP contribution in [0.15, 0.2) is 10.6 Å². The van der Waals surface area contributed by atoms with Crippen molar-refractivity contribution >= 4 is 5.91 Å². The molecule has 2 rings (SSSR count). The normalized spacial score (nSPS) is 23.9. The van der Waals surface area contributed by atoms with Crippen LogP contribution < -0.4 is 0 Å². The van der Waals surface area contributed by atoms with Crippen LogP contribution in [0.2, 0.25) is 0 Å². The predicted octanol–water partition coefficient (Wildman–Crippen LogP) is 2.56. The first kappa shape index (κ1) is 13.1. The molecule has 0 saturated heterocycles. The molecule has 100 valence electrons. The molecule has 4 heteroatoms. The third kappa shape index (κ3) is 3.12. The molecule has 1 aromatic rings. The van der Waals surface area contributed by atoms with E-state index in [9.17, 15) is 4.79 Å². The van der Waals surface area contributed by atoms with E-state index in [1.807, 2.05) is 11.9 Å². The van der Waals surface area contributed by atoms with Gasteiger partial charge < -0.3 is 9.32 Å². The van der Waals surface area contributed by atoms with Crippen molar-refractivity contribution in [2.24, 2.45) is 5.92 Å². The van der Waals surface area contributed by atoms with Crippen LogP contribution in [0, 0.1) is 12.8 Å². The van der Waals surface area contributed by atoms with Gasteiger partial charge in [0.15, 0.2) is 5.89 Å². The Morgan fingerprint density at radius 1 is 1.44 bits per heavy atom. The average molecular weight is 250 g/mol. The van der Waals surface area contributed by atoms with Crippen molar-refractivity contribution in [1.29, 1.82) is 0 Å². The first-order chi connectivity index (χ1) is 8.56. The molecule has 0 spiro atoms. The molecule has 0 aromatic carbocycles. The topological polar surface area (TPSA) is 46.3 Å². The zero-order valence-electron chi connectivity index (χ0n) is 11.5. The molecule has 1 saturated carbocycles. The minimum Gasteiger partial charge on any atom is -0.446 e. The molecule has 1 aliphatic rings. The Morgan fingerprint density at radius 3 is 2.67 bits per heavy atom. The van der Waals surface area contributed by atoms with Gasteiger partial charge in [-0.15, -0.1) is 0 Å². The van der Waals surface area contributed by atoms with Crippen LogP contribution in [0.25, 0.3) is 0 Å². The van der Waals surface area contributed by atoms with Crippen molar-refractivity contribution in [3.8, 4) is 0 Å². The Morgan fingerprint density at radius 2 is 2.11 bits per heavy atom. The molecule has 1 heterocycles. The number of aryl methyl sites for hydroxylation is 1. The predicted molar refractivity (Wildman–Crippen MR) is 69.1 cm³/mol. The van der Waals surface area contributed by atoms with Gasteiger partial charge in [-0.3, -0.25) is 4.79 Å². The van der Waals surface area contributed by atoms with Crippen LogP contribution in [0.1, 0.15) is 44.3 Å². The quantitative estimate of drug-likeness (QED) is 0.828. The van der Waals surface area contributed by atoms with Gasteiger partial charge in [0, 0.05) is 20.0 Å². The molecule has 1 aliphatic carbocycles. The highest BCUT2D eigenvalue weighted by molar-refractivity contribution is 5.78. The van der Waals surface area contributed by atoms with Gasteiger partial charge in [0.05, 0.1) is 12.6 Å². The molecule has 18 heavy (non-hydrogen) atoms. The van der Waals surface area contributed by atoms with Crippen LogP contribution in [0.3, 0.4) is 0 Å². The van der Waals surface area contributed by atoms with Crippen LogP contribution in [-0.2, 0) is 11.2 Å². The van der Waals surface area contributed by atoms with Crippen molar-refractivity contribution in [2.45, 2.75) is 52.0 Å². The summed E-state index contributed by atoms with van der Waals surface area (Å²) in [6, 6.07) is 0.401. The molecule has 1 aromatic heterocycles. The summed E-state index contributed by atoms with van der Waals surface area (Å²) in [7, 11) is 1.91. The number of oxazole rings is 1. The molecular weight excluding hydrogens is 228 g/mol. The monoisotopic (exact) mass is 250 g/mol. The lowest BCUT2D eigenvalue weighted by Gasteiger charge is -2.33. The average Bonchev–Trinajstić information content (AvgIpc) is 2.75. The maximum absolute atomic E-state index is 12.1. The van der Waals surface area contributed by atoms with Gasteiger partial charge in [-0.2, -0.15) is 0 Å². The summed E-state index contributed by atoms with van der Waals surface area (Å²) in [5, 5.41) is 0. The molecule has 0 aliphatic heterocycles. The molecule has 0 bridgehead atoms. The van der Waals surface area contributed by atoms with Crippen molar-refractivity contribution in [2.75, 3.05) is 7.05 Å². The Labute approximate surface area is 108 Å². The largest absolute Gasteiger partial charge is 0.446 e. The van der Waals surface area contributed by atoms with E-state index in [0.29, 0.717) is 24.1 Å². The molecule has 1 fully saturated rings. The fraction of sp³-hybridized carbons (Fsp3) is 0.714. The molecule has 0 unspecified atom stereocenters. The van der Waals surface area contributed by atoms with E-state index in [1.165, 1.54) is 12.8 Å². The number of aromatic nitrogens is 1. The van der Waals surface area contributed by atoms with E-state index in [1.54, 1.807) is 13.1 Å². The van der Waals surface area contributed by atoms with E-state index in [0.717, 1.165) is 18.8 Å². The van der Waals surface area contributed by atoms with E-state index in [2.05, 4.69) is 11.9 Å². The van der Waals surface area contributed by atoms with Gasteiger partial charge in [-0.05, 0) is 31.6 Å². The van der Waals surface area contributed by atoms with Crippen molar-refractivity contribution in [1.82, 2.24) is 9.88 Å². The second-order valence-electron chi connectivity index (χ2n) is 5.44. The Kier molecular flexibility index (Phi) is 4.04. The highest BCUT2D eigenvalue weighted by atomic mass is 16.4. The lowest BCUT2D eigenvalue weighted by molar-refractivity contribution is -0.132. The molecule has 0 atom stereocenters. The number of amides is 1. The number of carbonyl (C=O) groups is 1. The Hall–Kier alpha value is -1.32. The summed E-state index contributed by atoms with van der Waals surface area (Å²) in [5.74, 6) is 2.22. The lowest BCUT2D eigenvalue weighted by atomic mass is 9.86. The van der Waals surface area contributed by atoms with E-state index >= 15 is 0 Å². The van der Waals surface area contributed by atoms with Crippen LogP contribution in [0.4, 0.5) is 0 Å². The highest BCUT2D eigenvalue weighted by Crippen LogP contribution is 2.26. The van der Waals surface area contributed by atoms with Gasteiger partial charge in [0.25, 0.3) is 0 Å². The summed E-state index contributed by atoms with van der Waals surface area (Å²) in [4.78, 5) is 18.0. The van der Waals surface area contributed by atoms with Crippen LogP contribution in [0.5, 0.6) is 0 Å². The zero-order valence-corrected chi connectivity index (χ0v) is 11.5. The lowest BCUT2D eigenvalue weighted by Crippen LogP contribution is -2.40. The molecular formula is C14H22N2O2. The third-order valence-corrected chi connectivity index (χ3v) is 3.92. The maximum atomic E-state index is 12.1.